The molecule has 0 aliphatic heterocycles. The number of halogens is 1. The number of ether oxygens (including phenoxy) is 1. The van der Waals surface area contributed by atoms with E-state index in [0.29, 0.717) is 28.2 Å². The van der Waals surface area contributed by atoms with Crippen LogP contribution in [0.1, 0.15) is 12.5 Å². The van der Waals surface area contributed by atoms with Gasteiger partial charge in [0, 0.05) is 34.0 Å². The largest absolute Gasteiger partial charge is 0.494 e. The van der Waals surface area contributed by atoms with Gasteiger partial charge in [0.05, 0.1) is 23.5 Å². The first-order chi connectivity index (χ1) is 17.9. The second-order valence-corrected chi connectivity index (χ2v) is 8.89. The minimum absolute atomic E-state index is 0.0159. The van der Waals surface area contributed by atoms with Gasteiger partial charge in [-0.15, -0.1) is 10.2 Å². The normalized spacial score (nSPS) is 11.0. The van der Waals surface area contributed by atoms with Crippen molar-refractivity contribution in [2.24, 2.45) is 5.10 Å². The number of nitrogens with one attached hydrogen (secondary N) is 1. The highest BCUT2D eigenvalue weighted by molar-refractivity contribution is 7.99. The van der Waals surface area contributed by atoms with Gasteiger partial charge in [0.1, 0.15) is 5.75 Å². The molecule has 37 heavy (non-hydrogen) atoms. The van der Waals surface area contributed by atoms with Gasteiger partial charge >= 0.3 is 0 Å². The number of non-ortho nitro benzene ring substituents is 1. The van der Waals surface area contributed by atoms with Gasteiger partial charge in [-0.05, 0) is 55.5 Å². The first-order valence-electron chi connectivity index (χ1n) is 11.1. The van der Waals surface area contributed by atoms with Crippen molar-refractivity contribution in [3.63, 3.8) is 0 Å². The van der Waals surface area contributed by atoms with Crippen molar-refractivity contribution in [1.29, 1.82) is 0 Å². The van der Waals surface area contributed by atoms with Gasteiger partial charge < -0.3 is 4.74 Å². The quantitative estimate of drug-likeness (QED) is 0.129. The summed E-state index contributed by atoms with van der Waals surface area (Å²) in [5.41, 5.74) is 4.46. The van der Waals surface area contributed by atoms with Crippen molar-refractivity contribution in [3.05, 3.63) is 93.5 Å². The molecule has 1 N–H and O–H groups in total. The molecule has 0 aliphatic rings. The number of hydrogen-bond donors (Lipinski definition) is 1. The van der Waals surface area contributed by atoms with Gasteiger partial charge in [-0.2, -0.15) is 5.10 Å². The Morgan fingerprint density at radius 2 is 1.92 bits per heavy atom. The number of hydrogen-bond acceptors (Lipinski definition) is 8. The zero-order chi connectivity index (χ0) is 26.2. The van der Waals surface area contributed by atoms with Crippen LogP contribution in [0.25, 0.3) is 17.1 Å². The summed E-state index contributed by atoms with van der Waals surface area (Å²) in [5.74, 6) is 0.971. The molecule has 3 aromatic carbocycles. The van der Waals surface area contributed by atoms with E-state index >= 15 is 0 Å². The van der Waals surface area contributed by atoms with Gasteiger partial charge in [-0.3, -0.25) is 19.5 Å². The number of nitro benzene ring substituents is 1. The molecule has 0 radical (unpaired) electrons. The summed E-state index contributed by atoms with van der Waals surface area (Å²) in [4.78, 5) is 22.8. The molecule has 0 fully saturated rings. The predicted molar refractivity (Wildman–Crippen MR) is 143 cm³/mol. The minimum Gasteiger partial charge on any atom is -0.494 e. The van der Waals surface area contributed by atoms with E-state index in [9.17, 15) is 14.9 Å². The standard InChI is InChI=1S/C25H21ClN6O4S/c1-2-36-22-12-10-20(11-13-22)31-24(18-6-8-19(26)9-7-18)29-30-25(31)37-16-23(33)28-27-15-17-4-3-5-21(14-17)32(34)35/h3-15H,2,16H2,1H3,(H,28,33)/b27-15+. The Labute approximate surface area is 221 Å². The number of hydrazone groups is 1. The Hall–Kier alpha value is -4.22. The van der Waals surface area contributed by atoms with Crippen LogP contribution in [0.5, 0.6) is 5.75 Å². The van der Waals surface area contributed by atoms with E-state index < -0.39 is 4.92 Å². The third-order valence-corrected chi connectivity index (χ3v) is 6.14. The predicted octanol–water partition coefficient (Wildman–Crippen LogP) is 5.14. The Balaban J connectivity index is 1.50. The molecule has 0 saturated carbocycles. The number of carbonyl (C=O) groups excluding carboxylic acids is 1. The highest BCUT2D eigenvalue weighted by atomic mass is 35.5. The topological polar surface area (TPSA) is 125 Å². The third kappa shape index (κ3) is 6.72. The van der Waals surface area contributed by atoms with Crippen LogP contribution >= 0.6 is 23.4 Å². The lowest BCUT2D eigenvalue weighted by Crippen LogP contribution is -2.20. The molecule has 0 atom stereocenters. The molecule has 1 amide bonds. The number of aromatic nitrogens is 3. The van der Waals surface area contributed by atoms with E-state index in [2.05, 4.69) is 20.7 Å². The summed E-state index contributed by atoms with van der Waals surface area (Å²) in [6.45, 7) is 2.47. The maximum Gasteiger partial charge on any atom is 0.270 e. The molecule has 0 bridgehead atoms. The number of amides is 1. The van der Waals surface area contributed by atoms with Gasteiger partial charge in [-0.25, -0.2) is 5.43 Å². The number of nitrogens with zero attached hydrogens (tertiary/aromatic N) is 5. The van der Waals surface area contributed by atoms with E-state index in [1.54, 1.807) is 24.3 Å². The van der Waals surface area contributed by atoms with Crippen molar-refractivity contribution >= 4 is 41.2 Å². The van der Waals surface area contributed by atoms with Crippen molar-refractivity contribution in [2.45, 2.75) is 12.1 Å². The molecule has 0 unspecified atom stereocenters. The Kier molecular flexibility index (Phi) is 8.49. The van der Waals surface area contributed by atoms with Crippen LogP contribution in [0, 0.1) is 10.1 Å². The molecule has 4 aromatic rings. The summed E-state index contributed by atoms with van der Waals surface area (Å²) in [7, 11) is 0. The van der Waals surface area contributed by atoms with E-state index in [0.717, 1.165) is 17.0 Å². The van der Waals surface area contributed by atoms with Crippen molar-refractivity contribution in [3.8, 4) is 22.8 Å². The smallest absolute Gasteiger partial charge is 0.270 e. The summed E-state index contributed by atoms with van der Waals surface area (Å²) in [6, 6.07) is 20.7. The summed E-state index contributed by atoms with van der Waals surface area (Å²) in [6.07, 6.45) is 1.34. The highest BCUT2D eigenvalue weighted by Crippen LogP contribution is 2.29. The number of benzene rings is 3. The van der Waals surface area contributed by atoms with Gasteiger partial charge in [-0.1, -0.05) is 35.5 Å². The fraction of sp³-hybridized carbons (Fsp3) is 0.120. The minimum atomic E-state index is -0.495. The molecule has 0 saturated heterocycles. The Morgan fingerprint density at radius 3 is 2.62 bits per heavy atom. The van der Waals surface area contributed by atoms with Crippen molar-refractivity contribution in [1.82, 2.24) is 20.2 Å². The SMILES string of the molecule is CCOc1ccc(-n2c(SCC(=O)N/N=C/c3cccc([N+](=O)[O-])c3)nnc2-c2ccc(Cl)cc2)cc1. The van der Waals surface area contributed by atoms with E-state index in [-0.39, 0.29) is 17.3 Å². The van der Waals surface area contributed by atoms with E-state index in [4.69, 9.17) is 16.3 Å². The molecular formula is C25H21ClN6O4S. The van der Waals surface area contributed by atoms with Crippen LogP contribution in [0.15, 0.2) is 83.1 Å². The highest BCUT2D eigenvalue weighted by Gasteiger charge is 2.17. The monoisotopic (exact) mass is 536 g/mol. The summed E-state index contributed by atoms with van der Waals surface area (Å²) >= 11 is 7.24. The molecule has 4 rings (SSSR count). The molecule has 12 heteroatoms. The van der Waals surface area contributed by atoms with E-state index in [1.165, 1.54) is 30.1 Å². The first kappa shape index (κ1) is 25.9. The summed E-state index contributed by atoms with van der Waals surface area (Å²) in [5, 5.41) is 24.6. The zero-order valence-corrected chi connectivity index (χ0v) is 21.1. The Bertz CT molecular complexity index is 1420. The Morgan fingerprint density at radius 1 is 1.16 bits per heavy atom. The molecule has 1 heterocycles. The number of nitro groups is 1. The van der Waals surface area contributed by atoms with Crippen molar-refractivity contribution < 1.29 is 14.5 Å². The average molecular weight is 537 g/mol. The maximum absolute atomic E-state index is 12.4. The zero-order valence-electron chi connectivity index (χ0n) is 19.6. The molecule has 1 aromatic heterocycles. The van der Waals surface area contributed by atoms with Crippen LogP contribution < -0.4 is 10.2 Å². The van der Waals surface area contributed by atoms with Crippen LogP contribution in [0.4, 0.5) is 5.69 Å². The fourth-order valence-electron chi connectivity index (χ4n) is 3.30. The second kappa shape index (κ2) is 12.2. The van der Waals surface area contributed by atoms with E-state index in [1.807, 2.05) is 47.9 Å². The first-order valence-corrected chi connectivity index (χ1v) is 12.4. The maximum atomic E-state index is 12.4. The van der Waals surface area contributed by atoms with Crippen LogP contribution in [-0.4, -0.2) is 44.2 Å². The number of thioether (sulfide) groups is 1. The van der Waals surface area contributed by atoms with Crippen molar-refractivity contribution in [2.75, 3.05) is 12.4 Å². The molecule has 10 nitrogen and oxygen atoms in total. The number of carbonyl (C=O) groups is 1. The van der Waals surface area contributed by atoms with Crippen LogP contribution in [0.2, 0.25) is 5.02 Å². The second-order valence-electron chi connectivity index (χ2n) is 7.51. The van der Waals surface area contributed by atoms with Gasteiger partial charge in [0.15, 0.2) is 11.0 Å². The molecule has 188 valence electrons. The lowest BCUT2D eigenvalue weighted by Gasteiger charge is -2.11. The lowest BCUT2D eigenvalue weighted by molar-refractivity contribution is -0.384. The number of rotatable bonds is 10. The van der Waals surface area contributed by atoms with Gasteiger partial charge in [0.25, 0.3) is 11.6 Å². The third-order valence-electron chi connectivity index (χ3n) is 4.96. The van der Waals surface area contributed by atoms with Crippen LogP contribution in [-0.2, 0) is 4.79 Å². The lowest BCUT2D eigenvalue weighted by atomic mass is 10.2. The molecular weight excluding hydrogens is 516 g/mol. The fourth-order valence-corrected chi connectivity index (χ4v) is 4.17. The molecule has 0 aliphatic carbocycles. The molecule has 0 spiro atoms. The summed E-state index contributed by atoms with van der Waals surface area (Å²) < 4.78 is 7.39. The average Bonchev–Trinajstić information content (AvgIpc) is 3.32. The van der Waals surface area contributed by atoms with Gasteiger partial charge in [0.2, 0.25) is 0 Å². The van der Waals surface area contributed by atoms with Crippen LogP contribution in [0.3, 0.4) is 0 Å².